The first-order valence-corrected chi connectivity index (χ1v) is 8.27. The highest BCUT2D eigenvalue weighted by molar-refractivity contribution is 7.92. The highest BCUT2D eigenvalue weighted by Gasteiger charge is 2.22. The van der Waals surface area contributed by atoms with Gasteiger partial charge in [-0.1, -0.05) is 41.4 Å². The summed E-state index contributed by atoms with van der Waals surface area (Å²) in [7, 11) is -3.87. The van der Waals surface area contributed by atoms with Crippen molar-refractivity contribution in [1.82, 2.24) is 0 Å². The van der Waals surface area contributed by atoms with E-state index < -0.39 is 16.6 Å². The summed E-state index contributed by atoms with van der Waals surface area (Å²) in [5.41, 5.74) is 1.44. The first kappa shape index (κ1) is 16.1. The van der Waals surface area contributed by atoms with Crippen LogP contribution in [0.5, 0.6) is 0 Å². The van der Waals surface area contributed by atoms with E-state index in [0.29, 0.717) is 5.69 Å². The fourth-order valence-corrected chi connectivity index (χ4v) is 3.85. The molecular formula is C14H13Cl2NO3S. The molecule has 0 spiro atoms. The van der Waals surface area contributed by atoms with Gasteiger partial charge in [0.05, 0.1) is 17.3 Å². The van der Waals surface area contributed by atoms with E-state index in [1.54, 1.807) is 25.1 Å². The molecule has 0 unspecified atom stereocenters. The fourth-order valence-electron chi connectivity index (χ4n) is 1.82. The molecule has 0 fully saturated rings. The van der Waals surface area contributed by atoms with Gasteiger partial charge < -0.3 is 5.11 Å². The molecule has 4 nitrogen and oxygen atoms in total. The molecule has 0 heterocycles. The van der Waals surface area contributed by atoms with Crippen molar-refractivity contribution in [2.24, 2.45) is 0 Å². The Kier molecular flexibility index (Phi) is 4.78. The lowest BCUT2D eigenvalue weighted by atomic mass is 10.2. The highest BCUT2D eigenvalue weighted by atomic mass is 35.5. The molecular weight excluding hydrogens is 333 g/mol. The number of rotatable bonds is 4. The Morgan fingerprint density at radius 3 is 2.43 bits per heavy atom. The number of hydrogen-bond acceptors (Lipinski definition) is 3. The number of benzene rings is 2. The molecule has 0 saturated heterocycles. The molecule has 0 radical (unpaired) electrons. The Hall–Kier alpha value is -1.27. The van der Waals surface area contributed by atoms with Crippen molar-refractivity contribution < 1.29 is 13.5 Å². The monoisotopic (exact) mass is 345 g/mol. The van der Waals surface area contributed by atoms with E-state index in [4.69, 9.17) is 23.2 Å². The minimum atomic E-state index is -3.87. The third-order valence-corrected chi connectivity index (χ3v) is 5.29. The third-order valence-electron chi connectivity index (χ3n) is 2.99. The zero-order valence-corrected chi connectivity index (χ0v) is 13.4. The molecule has 0 amide bonds. The van der Waals surface area contributed by atoms with E-state index in [9.17, 15) is 13.5 Å². The average Bonchev–Trinajstić information content (AvgIpc) is 2.41. The number of para-hydroxylation sites is 1. The van der Waals surface area contributed by atoms with Crippen LogP contribution in [0, 0.1) is 6.92 Å². The quantitative estimate of drug-likeness (QED) is 0.889. The maximum atomic E-state index is 12.4. The molecule has 0 aliphatic heterocycles. The van der Waals surface area contributed by atoms with Gasteiger partial charge in [-0.2, -0.15) is 0 Å². The van der Waals surface area contributed by atoms with E-state index in [0.717, 1.165) is 5.56 Å². The molecule has 0 atom stereocenters. The van der Waals surface area contributed by atoms with E-state index in [1.165, 1.54) is 12.1 Å². The van der Waals surface area contributed by atoms with Crippen LogP contribution in [0.15, 0.2) is 41.3 Å². The molecule has 21 heavy (non-hydrogen) atoms. The molecule has 2 aromatic rings. The Balaban J connectivity index is 2.48. The molecule has 7 heteroatoms. The van der Waals surface area contributed by atoms with Crippen LogP contribution in [0.3, 0.4) is 0 Å². The Labute approximate surface area is 133 Å². The number of halogens is 2. The van der Waals surface area contributed by atoms with Crippen molar-refractivity contribution in [2.75, 3.05) is 4.72 Å². The van der Waals surface area contributed by atoms with Crippen LogP contribution in [0.2, 0.25) is 10.0 Å². The summed E-state index contributed by atoms with van der Waals surface area (Å²) in [6.45, 7) is 1.35. The van der Waals surface area contributed by atoms with E-state index in [1.807, 2.05) is 6.07 Å². The minimum Gasteiger partial charge on any atom is -0.392 e. The standard InChI is InChI=1S/C14H13Cl2NO3S/c1-9-4-2-3-5-12(9)17-21(19,20)13-7-6-11(15)10(8-18)14(13)16/h2-7,17-18H,8H2,1H3. The van der Waals surface area contributed by atoms with Crippen LogP contribution in [-0.4, -0.2) is 13.5 Å². The lowest BCUT2D eigenvalue weighted by Gasteiger charge is -2.13. The smallest absolute Gasteiger partial charge is 0.263 e. The lowest BCUT2D eigenvalue weighted by molar-refractivity contribution is 0.282. The highest BCUT2D eigenvalue weighted by Crippen LogP contribution is 2.32. The van der Waals surface area contributed by atoms with Gasteiger partial charge in [-0.3, -0.25) is 4.72 Å². The van der Waals surface area contributed by atoms with Gasteiger partial charge in [0.15, 0.2) is 0 Å². The van der Waals surface area contributed by atoms with E-state index in [2.05, 4.69) is 4.72 Å². The van der Waals surface area contributed by atoms with Gasteiger partial charge in [-0.25, -0.2) is 8.42 Å². The van der Waals surface area contributed by atoms with Gasteiger partial charge in [0.2, 0.25) is 0 Å². The van der Waals surface area contributed by atoms with Gasteiger partial charge in [-0.15, -0.1) is 0 Å². The molecule has 112 valence electrons. The van der Waals surface area contributed by atoms with Crippen LogP contribution in [0.4, 0.5) is 5.69 Å². The van der Waals surface area contributed by atoms with Crippen LogP contribution in [0.25, 0.3) is 0 Å². The zero-order chi connectivity index (χ0) is 15.6. The Morgan fingerprint density at radius 1 is 1.14 bits per heavy atom. The first-order chi connectivity index (χ1) is 9.86. The number of anilines is 1. The Bertz CT molecular complexity index is 776. The van der Waals surface area contributed by atoms with Crippen LogP contribution < -0.4 is 4.72 Å². The average molecular weight is 346 g/mol. The van der Waals surface area contributed by atoms with Crippen molar-refractivity contribution in [3.8, 4) is 0 Å². The third kappa shape index (κ3) is 3.32. The molecule has 0 saturated carbocycles. The second kappa shape index (κ2) is 6.23. The number of nitrogens with one attached hydrogen (secondary N) is 1. The van der Waals surface area contributed by atoms with Crippen molar-refractivity contribution in [3.05, 3.63) is 57.6 Å². The van der Waals surface area contributed by atoms with Crippen molar-refractivity contribution in [3.63, 3.8) is 0 Å². The summed E-state index contributed by atoms with van der Waals surface area (Å²) >= 11 is 11.9. The number of hydrogen-bond donors (Lipinski definition) is 2. The summed E-state index contributed by atoms with van der Waals surface area (Å²) < 4.78 is 27.3. The summed E-state index contributed by atoms with van der Waals surface area (Å²) in [6.07, 6.45) is 0. The van der Waals surface area contributed by atoms with Crippen LogP contribution in [-0.2, 0) is 16.6 Å². The predicted octanol–water partition coefficient (Wildman–Crippen LogP) is 3.59. The number of aryl methyl sites for hydroxylation is 1. The largest absolute Gasteiger partial charge is 0.392 e. The van der Waals surface area contributed by atoms with Crippen LogP contribution >= 0.6 is 23.2 Å². The summed E-state index contributed by atoms with van der Waals surface area (Å²) in [5.74, 6) is 0. The zero-order valence-electron chi connectivity index (χ0n) is 11.1. The summed E-state index contributed by atoms with van der Waals surface area (Å²) in [5, 5.41) is 9.38. The molecule has 0 bridgehead atoms. The normalized spacial score (nSPS) is 11.4. The predicted molar refractivity (Wildman–Crippen MR) is 84.4 cm³/mol. The molecule has 2 aromatic carbocycles. The van der Waals surface area contributed by atoms with E-state index in [-0.39, 0.29) is 20.5 Å². The van der Waals surface area contributed by atoms with Crippen molar-refractivity contribution in [2.45, 2.75) is 18.4 Å². The van der Waals surface area contributed by atoms with Crippen molar-refractivity contribution in [1.29, 1.82) is 0 Å². The minimum absolute atomic E-state index is 0.0777. The number of aliphatic hydroxyl groups excluding tert-OH is 1. The lowest BCUT2D eigenvalue weighted by Crippen LogP contribution is -2.15. The van der Waals surface area contributed by atoms with Gasteiger partial charge in [0.25, 0.3) is 10.0 Å². The van der Waals surface area contributed by atoms with Gasteiger partial charge >= 0.3 is 0 Å². The maximum Gasteiger partial charge on any atom is 0.263 e. The maximum absolute atomic E-state index is 12.4. The second-order valence-electron chi connectivity index (χ2n) is 4.42. The molecule has 0 aliphatic carbocycles. The van der Waals surface area contributed by atoms with E-state index >= 15 is 0 Å². The SMILES string of the molecule is Cc1ccccc1NS(=O)(=O)c1ccc(Cl)c(CO)c1Cl. The topological polar surface area (TPSA) is 66.4 Å². The molecule has 2 N–H and O–H groups in total. The molecule has 0 aliphatic rings. The summed E-state index contributed by atoms with van der Waals surface area (Å²) in [4.78, 5) is -0.124. The molecule has 0 aromatic heterocycles. The van der Waals surface area contributed by atoms with Crippen LogP contribution in [0.1, 0.15) is 11.1 Å². The number of aliphatic hydroxyl groups is 1. The molecule has 2 rings (SSSR count). The summed E-state index contributed by atoms with van der Waals surface area (Å²) in [6, 6.07) is 9.69. The van der Waals surface area contributed by atoms with Gasteiger partial charge in [0.1, 0.15) is 4.90 Å². The fraction of sp³-hybridized carbons (Fsp3) is 0.143. The number of sulfonamides is 1. The first-order valence-electron chi connectivity index (χ1n) is 6.03. The van der Waals surface area contributed by atoms with Gasteiger partial charge in [0, 0.05) is 10.6 Å². The van der Waals surface area contributed by atoms with Crippen molar-refractivity contribution >= 4 is 38.9 Å². The second-order valence-corrected chi connectivity index (χ2v) is 6.85. The van der Waals surface area contributed by atoms with Gasteiger partial charge in [-0.05, 0) is 30.7 Å². The Morgan fingerprint density at radius 2 is 1.81 bits per heavy atom.